The molecule has 0 aliphatic carbocycles. The third kappa shape index (κ3) is 8.16. The van der Waals surface area contributed by atoms with E-state index in [2.05, 4.69) is 10.6 Å². The third-order valence-electron chi connectivity index (χ3n) is 3.40. The zero-order valence-corrected chi connectivity index (χ0v) is 14.3. The Hall–Kier alpha value is -3.18. The minimum atomic E-state index is -1.32. The maximum Gasteiger partial charge on any atom is 0.322 e. The summed E-state index contributed by atoms with van der Waals surface area (Å²) in [5, 5.41) is 33.4. The molecule has 8 N–H and O–H groups in total. The summed E-state index contributed by atoms with van der Waals surface area (Å²) in [5.74, 6) is -3.42. The van der Waals surface area contributed by atoms with Crippen LogP contribution in [-0.2, 0) is 25.6 Å². The first-order valence-corrected chi connectivity index (χ1v) is 7.93. The molecule has 11 heteroatoms. The average molecular weight is 382 g/mol. The van der Waals surface area contributed by atoms with Crippen LogP contribution in [0.4, 0.5) is 0 Å². The molecule has 0 aliphatic heterocycles. The summed E-state index contributed by atoms with van der Waals surface area (Å²) in [7, 11) is 0. The van der Waals surface area contributed by atoms with Crippen molar-refractivity contribution in [2.75, 3.05) is 19.7 Å². The zero-order chi connectivity index (χ0) is 20.4. The lowest BCUT2D eigenvalue weighted by Gasteiger charge is -2.19. The van der Waals surface area contributed by atoms with Gasteiger partial charge in [0.1, 0.15) is 18.3 Å². The van der Waals surface area contributed by atoms with E-state index in [1.807, 2.05) is 5.32 Å². The Morgan fingerprint density at radius 2 is 1.63 bits per heavy atom. The fourth-order valence-electron chi connectivity index (χ4n) is 1.98. The number of aliphatic hydroxyl groups is 1. The minimum absolute atomic E-state index is 0.0705. The molecule has 0 fully saturated rings. The molecule has 0 aliphatic rings. The second-order valence-corrected chi connectivity index (χ2v) is 5.61. The zero-order valence-electron chi connectivity index (χ0n) is 14.3. The third-order valence-corrected chi connectivity index (χ3v) is 3.40. The number of aliphatic hydroxyl groups excluding tert-OH is 1. The number of phenols is 1. The van der Waals surface area contributed by atoms with Crippen LogP contribution in [0.2, 0.25) is 0 Å². The summed E-state index contributed by atoms with van der Waals surface area (Å²) >= 11 is 0. The number of hydrogen-bond acceptors (Lipinski definition) is 7. The van der Waals surface area contributed by atoms with Gasteiger partial charge < -0.3 is 37.0 Å². The molecule has 1 aromatic carbocycles. The monoisotopic (exact) mass is 382 g/mol. The van der Waals surface area contributed by atoms with Crippen molar-refractivity contribution in [2.24, 2.45) is 5.73 Å². The average Bonchev–Trinajstić information content (AvgIpc) is 2.63. The number of hydrogen-bond donors (Lipinski definition) is 7. The van der Waals surface area contributed by atoms with Crippen molar-refractivity contribution in [3.05, 3.63) is 29.8 Å². The smallest absolute Gasteiger partial charge is 0.322 e. The summed E-state index contributed by atoms with van der Waals surface area (Å²) in [5.41, 5.74) is 6.46. The Morgan fingerprint density at radius 1 is 1.00 bits per heavy atom. The van der Waals surface area contributed by atoms with Crippen molar-refractivity contribution in [3.8, 4) is 5.75 Å². The van der Waals surface area contributed by atoms with E-state index in [4.69, 9.17) is 10.8 Å². The Morgan fingerprint density at radius 3 is 2.19 bits per heavy atom. The number of benzene rings is 1. The molecule has 2 unspecified atom stereocenters. The van der Waals surface area contributed by atoms with Gasteiger partial charge in [0.25, 0.3) is 0 Å². The van der Waals surface area contributed by atoms with Crippen molar-refractivity contribution in [1.29, 1.82) is 0 Å². The van der Waals surface area contributed by atoms with E-state index in [-0.39, 0.29) is 12.2 Å². The number of nitrogens with one attached hydrogen (secondary N) is 3. The number of phenolic OH excluding ortho intramolecular Hbond substituents is 1. The van der Waals surface area contributed by atoms with Gasteiger partial charge in [0, 0.05) is 0 Å². The number of aliphatic carboxylic acids is 1. The van der Waals surface area contributed by atoms with Crippen LogP contribution in [0.3, 0.4) is 0 Å². The van der Waals surface area contributed by atoms with Gasteiger partial charge in [0.05, 0.1) is 19.2 Å². The van der Waals surface area contributed by atoms with Crippen LogP contribution >= 0.6 is 0 Å². The van der Waals surface area contributed by atoms with Gasteiger partial charge in [0.15, 0.2) is 0 Å². The number of carboxylic acid groups (broad SMARTS) is 1. The molecule has 1 aromatic rings. The highest BCUT2D eigenvalue weighted by molar-refractivity contribution is 5.92. The Kier molecular flexibility index (Phi) is 8.69. The van der Waals surface area contributed by atoms with E-state index >= 15 is 0 Å². The van der Waals surface area contributed by atoms with Gasteiger partial charge in [-0.1, -0.05) is 12.1 Å². The van der Waals surface area contributed by atoms with E-state index in [0.717, 1.165) is 0 Å². The van der Waals surface area contributed by atoms with Gasteiger partial charge in [-0.2, -0.15) is 0 Å². The highest BCUT2D eigenvalue weighted by Gasteiger charge is 2.23. The standard InChI is InChI=1S/C16H22N4O7/c17-11(5-9-1-3-10(22)4-2-9)15(26)20-12(8-21)16(27)19-6-13(23)18-7-14(24)25/h1-4,11-12,21-22H,5-8,17H2,(H,18,23)(H,19,27)(H,20,26)(H,24,25). The molecule has 0 bridgehead atoms. The van der Waals surface area contributed by atoms with Gasteiger partial charge in [-0.15, -0.1) is 0 Å². The van der Waals surface area contributed by atoms with Crippen LogP contribution in [0.1, 0.15) is 5.56 Å². The molecule has 148 valence electrons. The topological polar surface area (TPSA) is 191 Å². The first-order chi connectivity index (χ1) is 12.7. The lowest BCUT2D eigenvalue weighted by Crippen LogP contribution is -2.54. The van der Waals surface area contributed by atoms with E-state index in [0.29, 0.717) is 5.56 Å². The molecule has 1 rings (SSSR count). The van der Waals surface area contributed by atoms with Crippen LogP contribution < -0.4 is 21.7 Å². The summed E-state index contributed by atoms with van der Waals surface area (Å²) < 4.78 is 0. The fourth-order valence-corrected chi connectivity index (χ4v) is 1.98. The first-order valence-electron chi connectivity index (χ1n) is 7.93. The Labute approximate surface area is 154 Å². The van der Waals surface area contributed by atoms with Crippen LogP contribution in [0.25, 0.3) is 0 Å². The number of aromatic hydroxyl groups is 1. The number of carboxylic acids is 1. The molecule has 0 saturated carbocycles. The van der Waals surface area contributed by atoms with Crippen molar-refractivity contribution in [2.45, 2.75) is 18.5 Å². The van der Waals surface area contributed by atoms with E-state index in [9.17, 15) is 29.4 Å². The first kappa shape index (κ1) is 21.9. The summed E-state index contributed by atoms with van der Waals surface area (Å²) in [6.07, 6.45) is 0.142. The van der Waals surface area contributed by atoms with Crippen LogP contribution in [-0.4, -0.2) is 70.8 Å². The number of rotatable bonds is 10. The lowest BCUT2D eigenvalue weighted by atomic mass is 10.1. The predicted molar refractivity (Wildman–Crippen MR) is 92.5 cm³/mol. The van der Waals surface area contributed by atoms with Gasteiger partial charge in [-0.3, -0.25) is 19.2 Å². The predicted octanol–water partition coefficient (Wildman–Crippen LogP) is -2.94. The highest BCUT2D eigenvalue weighted by Crippen LogP contribution is 2.10. The second kappa shape index (κ2) is 10.7. The van der Waals surface area contributed by atoms with Crippen molar-refractivity contribution >= 4 is 23.7 Å². The molecule has 3 amide bonds. The molecule has 11 nitrogen and oxygen atoms in total. The van der Waals surface area contributed by atoms with E-state index < -0.39 is 55.5 Å². The molecule has 27 heavy (non-hydrogen) atoms. The number of carbonyl (C=O) groups is 4. The molecular weight excluding hydrogens is 360 g/mol. The van der Waals surface area contributed by atoms with Crippen molar-refractivity contribution in [1.82, 2.24) is 16.0 Å². The SMILES string of the molecule is NC(Cc1ccc(O)cc1)C(=O)NC(CO)C(=O)NCC(=O)NCC(=O)O. The Balaban J connectivity index is 2.48. The van der Waals surface area contributed by atoms with E-state index in [1.165, 1.54) is 12.1 Å². The van der Waals surface area contributed by atoms with Crippen LogP contribution in [0.15, 0.2) is 24.3 Å². The van der Waals surface area contributed by atoms with Gasteiger partial charge in [0.2, 0.25) is 17.7 Å². The maximum absolute atomic E-state index is 12.1. The molecular formula is C16H22N4O7. The highest BCUT2D eigenvalue weighted by atomic mass is 16.4. The Bertz CT molecular complexity index is 678. The van der Waals surface area contributed by atoms with Crippen LogP contribution in [0.5, 0.6) is 5.75 Å². The summed E-state index contributed by atoms with van der Waals surface area (Å²) in [4.78, 5) is 45.7. The normalized spacial score (nSPS) is 12.5. The maximum atomic E-state index is 12.1. The quantitative estimate of drug-likeness (QED) is 0.223. The molecule has 0 aromatic heterocycles. The summed E-state index contributed by atoms with van der Waals surface area (Å²) in [6.45, 7) is -1.83. The summed E-state index contributed by atoms with van der Waals surface area (Å²) in [6, 6.07) is 3.74. The van der Waals surface area contributed by atoms with Gasteiger partial charge in [-0.25, -0.2) is 0 Å². The molecule has 0 radical (unpaired) electrons. The van der Waals surface area contributed by atoms with E-state index in [1.54, 1.807) is 12.1 Å². The van der Waals surface area contributed by atoms with Crippen molar-refractivity contribution < 1.29 is 34.5 Å². The second-order valence-electron chi connectivity index (χ2n) is 5.61. The van der Waals surface area contributed by atoms with Gasteiger partial charge in [-0.05, 0) is 24.1 Å². The van der Waals surface area contributed by atoms with Crippen molar-refractivity contribution in [3.63, 3.8) is 0 Å². The minimum Gasteiger partial charge on any atom is -0.508 e. The number of carbonyl (C=O) groups excluding carboxylic acids is 3. The molecule has 0 heterocycles. The largest absolute Gasteiger partial charge is 0.508 e. The van der Waals surface area contributed by atoms with Gasteiger partial charge >= 0.3 is 5.97 Å². The number of amides is 3. The molecule has 0 saturated heterocycles. The molecule has 0 spiro atoms. The fraction of sp³-hybridized carbons (Fsp3) is 0.375. The lowest BCUT2D eigenvalue weighted by molar-refractivity contribution is -0.138. The van der Waals surface area contributed by atoms with Crippen LogP contribution in [0, 0.1) is 0 Å². The number of nitrogens with two attached hydrogens (primary N) is 1. The molecule has 2 atom stereocenters.